The summed E-state index contributed by atoms with van der Waals surface area (Å²) in [6.07, 6.45) is 3.24. The first kappa shape index (κ1) is 8.50. The minimum Gasteiger partial charge on any atom is -0.373 e. The molecular weight excluding hydrogens is 162 g/mol. The molecule has 3 heteroatoms. The number of hydrogen-bond donors (Lipinski definition) is 0. The fraction of sp³-hybridized carbons (Fsp3) is 0.375. The van der Waals surface area contributed by atoms with Crippen molar-refractivity contribution in [3.63, 3.8) is 0 Å². The van der Waals surface area contributed by atoms with Crippen LogP contribution in [0, 0.1) is 0 Å². The Balaban J connectivity index is 0.000000605. The number of rotatable bonds is 2. The smallest absolute Gasteiger partial charge is 0.0865 e. The molecule has 1 aliphatic heterocycles. The first-order chi connectivity index (χ1) is 4.95. The minimum absolute atomic E-state index is 0. The molecule has 0 bridgehead atoms. The summed E-state index contributed by atoms with van der Waals surface area (Å²) in [5.74, 6) is 0. The van der Waals surface area contributed by atoms with Crippen molar-refractivity contribution < 1.29 is 4.74 Å². The Morgan fingerprint density at radius 3 is 2.91 bits per heavy atom. The number of pyridine rings is 1. The Morgan fingerprint density at radius 1 is 1.55 bits per heavy atom. The van der Waals surface area contributed by atoms with E-state index in [9.17, 15) is 0 Å². The van der Waals surface area contributed by atoms with E-state index in [0.29, 0.717) is 6.10 Å². The van der Waals surface area contributed by atoms with Crippen LogP contribution < -0.4 is 0 Å². The summed E-state index contributed by atoms with van der Waals surface area (Å²) in [5, 5.41) is 0. The van der Waals surface area contributed by atoms with E-state index in [1.807, 2.05) is 24.4 Å². The first-order valence-corrected chi connectivity index (χ1v) is 3.46. The summed E-state index contributed by atoms with van der Waals surface area (Å²) in [6.45, 7) is 0.913. The Labute approximate surface area is 72.0 Å². The third-order valence-electron chi connectivity index (χ3n) is 1.57. The van der Waals surface area contributed by atoms with Crippen LogP contribution in [0.5, 0.6) is 0 Å². The summed E-state index contributed by atoms with van der Waals surface area (Å²) in [6, 6.07) is 5.96. The Morgan fingerprint density at radius 2 is 2.36 bits per heavy atom. The monoisotopic (exact) mass is 171 g/mol. The van der Waals surface area contributed by atoms with E-state index in [4.69, 9.17) is 4.74 Å². The Bertz CT molecular complexity index is 211. The van der Waals surface area contributed by atoms with Crippen molar-refractivity contribution in [1.29, 1.82) is 0 Å². The first-order valence-electron chi connectivity index (χ1n) is 3.46. The van der Waals surface area contributed by atoms with Gasteiger partial charge in [0.1, 0.15) is 0 Å². The maximum absolute atomic E-state index is 5.07. The molecule has 1 fully saturated rings. The molecular formula is C8H10ClNO. The van der Waals surface area contributed by atoms with E-state index in [2.05, 4.69) is 4.98 Å². The van der Waals surface area contributed by atoms with Gasteiger partial charge in [0, 0.05) is 18.3 Å². The Kier molecular flexibility index (Phi) is 2.85. The number of epoxide rings is 1. The summed E-state index contributed by atoms with van der Waals surface area (Å²) in [5.41, 5.74) is 1.13. The molecule has 0 N–H and O–H groups in total. The normalized spacial score (nSPS) is 20.5. The topological polar surface area (TPSA) is 25.4 Å². The molecule has 2 nitrogen and oxygen atoms in total. The van der Waals surface area contributed by atoms with E-state index in [-0.39, 0.29) is 12.4 Å². The van der Waals surface area contributed by atoms with E-state index in [1.165, 1.54) is 0 Å². The Hall–Kier alpha value is -0.600. The van der Waals surface area contributed by atoms with E-state index in [1.54, 1.807) is 0 Å². The van der Waals surface area contributed by atoms with Crippen LogP contribution in [0.1, 0.15) is 5.69 Å². The van der Waals surface area contributed by atoms with Crippen molar-refractivity contribution >= 4 is 12.4 Å². The van der Waals surface area contributed by atoms with E-state index < -0.39 is 0 Å². The van der Waals surface area contributed by atoms with Gasteiger partial charge in [-0.1, -0.05) is 6.07 Å². The predicted octanol–water partition coefficient (Wildman–Crippen LogP) is 1.44. The third-order valence-corrected chi connectivity index (χ3v) is 1.57. The van der Waals surface area contributed by atoms with Crippen molar-refractivity contribution in [3.8, 4) is 0 Å². The standard InChI is InChI=1S/C8H9NO.ClH/c1-2-4-9-7(3-1)5-8-6-10-8;/h1-4,8H,5-6H2;1H. The average molecular weight is 172 g/mol. The molecule has 1 unspecified atom stereocenters. The van der Waals surface area contributed by atoms with E-state index >= 15 is 0 Å². The van der Waals surface area contributed by atoms with Gasteiger partial charge in [0.2, 0.25) is 0 Å². The van der Waals surface area contributed by atoms with Crippen LogP contribution in [0.4, 0.5) is 0 Å². The lowest BCUT2D eigenvalue weighted by Crippen LogP contribution is -1.94. The van der Waals surface area contributed by atoms with E-state index in [0.717, 1.165) is 18.7 Å². The van der Waals surface area contributed by atoms with Gasteiger partial charge in [-0.3, -0.25) is 4.98 Å². The quantitative estimate of drug-likeness (QED) is 0.630. The molecule has 1 aliphatic rings. The predicted molar refractivity (Wildman–Crippen MR) is 44.9 cm³/mol. The van der Waals surface area contributed by atoms with Gasteiger partial charge in [0.25, 0.3) is 0 Å². The second kappa shape index (κ2) is 3.69. The van der Waals surface area contributed by atoms with Crippen molar-refractivity contribution in [1.82, 2.24) is 4.98 Å². The average Bonchev–Trinajstić information content (AvgIpc) is 2.74. The summed E-state index contributed by atoms with van der Waals surface area (Å²) in [4.78, 5) is 4.18. The van der Waals surface area contributed by atoms with Crippen molar-refractivity contribution in [2.75, 3.05) is 6.61 Å². The molecule has 0 radical (unpaired) electrons. The lowest BCUT2D eigenvalue weighted by Gasteiger charge is -1.92. The van der Waals surface area contributed by atoms with Gasteiger partial charge in [-0.2, -0.15) is 0 Å². The zero-order chi connectivity index (χ0) is 6.81. The highest BCUT2D eigenvalue weighted by molar-refractivity contribution is 5.85. The van der Waals surface area contributed by atoms with Crippen LogP contribution in [-0.4, -0.2) is 17.7 Å². The molecule has 0 amide bonds. The molecule has 1 aromatic rings. The fourth-order valence-electron chi connectivity index (χ4n) is 0.938. The third kappa shape index (κ3) is 2.48. The van der Waals surface area contributed by atoms with Gasteiger partial charge in [-0.05, 0) is 12.1 Å². The van der Waals surface area contributed by atoms with Crippen LogP contribution in [0.15, 0.2) is 24.4 Å². The molecule has 0 aromatic carbocycles. The van der Waals surface area contributed by atoms with Crippen LogP contribution in [0.2, 0.25) is 0 Å². The lowest BCUT2D eigenvalue weighted by molar-refractivity contribution is 0.406. The summed E-state index contributed by atoms with van der Waals surface area (Å²) >= 11 is 0. The molecule has 0 saturated carbocycles. The summed E-state index contributed by atoms with van der Waals surface area (Å²) < 4.78 is 5.07. The maximum atomic E-state index is 5.07. The number of hydrogen-bond acceptors (Lipinski definition) is 2. The lowest BCUT2D eigenvalue weighted by atomic mass is 10.2. The highest BCUT2D eigenvalue weighted by Crippen LogP contribution is 2.13. The van der Waals surface area contributed by atoms with Gasteiger partial charge in [-0.15, -0.1) is 12.4 Å². The van der Waals surface area contributed by atoms with Crippen molar-refractivity contribution in [3.05, 3.63) is 30.1 Å². The zero-order valence-electron chi connectivity index (χ0n) is 6.06. The molecule has 2 rings (SSSR count). The molecule has 0 aliphatic carbocycles. The molecule has 1 saturated heterocycles. The van der Waals surface area contributed by atoms with Crippen molar-refractivity contribution in [2.45, 2.75) is 12.5 Å². The molecule has 60 valence electrons. The van der Waals surface area contributed by atoms with Crippen LogP contribution >= 0.6 is 12.4 Å². The van der Waals surface area contributed by atoms with Crippen LogP contribution in [0.25, 0.3) is 0 Å². The highest BCUT2D eigenvalue weighted by atomic mass is 35.5. The largest absolute Gasteiger partial charge is 0.373 e. The fourth-order valence-corrected chi connectivity index (χ4v) is 0.938. The SMILES string of the molecule is Cl.c1ccc(CC2CO2)nc1. The second-order valence-electron chi connectivity index (χ2n) is 2.48. The van der Waals surface area contributed by atoms with Crippen LogP contribution in [0.3, 0.4) is 0 Å². The molecule has 2 heterocycles. The van der Waals surface area contributed by atoms with Gasteiger partial charge in [-0.25, -0.2) is 0 Å². The highest BCUT2D eigenvalue weighted by Gasteiger charge is 2.22. The molecule has 11 heavy (non-hydrogen) atoms. The molecule has 1 atom stereocenters. The van der Waals surface area contributed by atoms with Gasteiger partial charge in [0.05, 0.1) is 12.7 Å². The maximum Gasteiger partial charge on any atom is 0.0865 e. The van der Waals surface area contributed by atoms with Crippen LogP contribution in [-0.2, 0) is 11.2 Å². The summed E-state index contributed by atoms with van der Waals surface area (Å²) in [7, 11) is 0. The molecule has 0 spiro atoms. The molecule has 1 aromatic heterocycles. The number of nitrogens with zero attached hydrogens (tertiary/aromatic N) is 1. The second-order valence-corrected chi connectivity index (χ2v) is 2.48. The number of halogens is 1. The van der Waals surface area contributed by atoms with Gasteiger partial charge in [0.15, 0.2) is 0 Å². The van der Waals surface area contributed by atoms with Crippen molar-refractivity contribution in [2.24, 2.45) is 0 Å². The van der Waals surface area contributed by atoms with Gasteiger partial charge < -0.3 is 4.74 Å². The minimum atomic E-state index is 0. The number of aromatic nitrogens is 1. The number of ether oxygens (including phenoxy) is 1. The zero-order valence-corrected chi connectivity index (χ0v) is 6.88. The van der Waals surface area contributed by atoms with Gasteiger partial charge >= 0.3 is 0 Å².